The van der Waals surface area contributed by atoms with E-state index in [0.29, 0.717) is 16.7 Å². The van der Waals surface area contributed by atoms with E-state index in [0.717, 1.165) is 18.6 Å². The van der Waals surface area contributed by atoms with Crippen LogP contribution in [-0.2, 0) is 6.54 Å². The third-order valence-corrected chi connectivity index (χ3v) is 8.35. The molecule has 1 aliphatic heterocycles. The normalized spacial score (nSPS) is 21.0. The number of carboxylic acid groups (broad SMARTS) is 1. The lowest BCUT2D eigenvalue weighted by Crippen LogP contribution is -2.34. The van der Waals surface area contributed by atoms with Gasteiger partial charge < -0.3 is 14.6 Å². The van der Waals surface area contributed by atoms with Crippen LogP contribution in [0.2, 0.25) is 0 Å². The number of aromatic nitrogens is 1. The third-order valence-electron chi connectivity index (χ3n) is 7.21. The number of thiophene rings is 1. The van der Waals surface area contributed by atoms with Crippen molar-refractivity contribution in [1.29, 1.82) is 0 Å². The third kappa shape index (κ3) is 4.06. The van der Waals surface area contributed by atoms with Crippen molar-refractivity contribution in [3.63, 3.8) is 0 Å². The van der Waals surface area contributed by atoms with E-state index >= 15 is 0 Å². The van der Waals surface area contributed by atoms with Gasteiger partial charge >= 0.3 is 5.97 Å². The second-order valence-corrected chi connectivity index (χ2v) is 10.5. The van der Waals surface area contributed by atoms with E-state index in [4.69, 9.17) is 0 Å². The summed E-state index contributed by atoms with van der Waals surface area (Å²) in [4.78, 5) is 14.8. The number of aromatic carboxylic acids is 1. The van der Waals surface area contributed by atoms with Gasteiger partial charge in [-0.2, -0.15) is 0 Å². The Hall–Kier alpha value is -2.11. The molecule has 1 saturated heterocycles. The molecule has 5 heteroatoms. The van der Waals surface area contributed by atoms with Gasteiger partial charge in [-0.3, -0.25) is 0 Å². The maximum Gasteiger partial charge on any atom is 0.345 e. The van der Waals surface area contributed by atoms with Crippen LogP contribution in [0.5, 0.6) is 0 Å². The predicted molar refractivity (Wildman–Crippen MR) is 128 cm³/mol. The van der Waals surface area contributed by atoms with Crippen molar-refractivity contribution in [3.8, 4) is 11.3 Å². The Morgan fingerprint density at radius 2 is 1.87 bits per heavy atom. The van der Waals surface area contributed by atoms with Crippen LogP contribution in [0.3, 0.4) is 0 Å². The molecule has 2 aliphatic rings. The predicted octanol–water partition coefficient (Wildman–Crippen LogP) is 6.46. The maximum absolute atomic E-state index is 11.8. The Morgan fingerprint density at radius 1 is 1.10 bits per heavy atom. The fraction of sp³-hybridized carbons (Fsp3) is 0.500. The molecule has 3 aromatic rings. The first-order valence-corrected chi connectivity index (χ1v) is 12.6. The number of hydrogen-bond acceptors (Lipinski definition) is 3. The fourth-order valence-corrected chi connectivity index (χ4v) is 6.93. The number of benzene rings is 1. The van der Waals surface area contributed by atoms with Crippen molar-refractivity contribution >= 4 is 27.5 Å². The zero-order valence-corrected chi connectivity index (χ0v) is 19.2. The van der Waals surface area contributed by atoms with Gasteiger partial charge in [0, 0.05) is 13.1 Å². The van der Waals surface area contributed by atoms with Gasteiger partial charge in [-0.15, -0.1) is 11.3 Å². The molecule has 0 spiro atoms. The summed E-state index contributed by atoms with van der Waals surface area (Å²) < 4.78 is 3.70. The second kappa shape index (κ2) is 8.79. The molecule has 1 aliphatic carbocycles. The molecule has 1 saturated carbocycles. The van der Waals surface area contributed by atoms with E-state index in [9.17, 15) is 9.90 Å². The minimum Gasteiger partial charge on any atom is -0.477 e. The summed E-state index contributed by atoms with van der Waals surface area (Å²) in [7, 11) is 2.22. The standard InChI is InChI=1S/C26H32N2O2S/c1-27-14-8-9-18(16-27)17-28-21-15-22(26(29)30)31-25(21)23(19-10-4-2-5-11-19)24(28)20-12-6-3-7-13-20/h3,6-7,12-13,15,18-19H,2,4-5,8-11,14,16-17H2,1H3,(H,29,30). The summed E-state index contributed by atoms with van der Waals surface area (Å²) in [5.41, 5.74) is 5.17. The Kier molecular flexibility index (Phi) is 5.89. The zero-order valence-electron chi connectivity index (χ0n) is 18.3. The van der Waals surface area contributed by atoms with E-state index in [1.54, 1.807) is 0 Å². The number of likely N-dealkylation sites (tertiary alicyclic amines) is 1. The molecule has 1 aromatic carbocycles. The molecular weight excluding hydrogens is 404 g/mol. The summed E-state index contributed by atoms with van der Waals surface area (Å²) in [5.74, 6) is 0.326. The Bertz CT molecular complexity index is 1060. The molecule has 164 valence electrons. The van der Waals surface area contributed by atoms with Crippen molar-refractivity contribution in [3.05, 3.63) is 46.8 Å². The summed E-state index contributed by atoms with van der Waals surface area (Å²) >= 11 is 1.49. The van der Waals surface area contributed by atoms with Gasteiger partial charge in [0.25, 0.3) is 0 Å². The monoisotopic (exact) mass is 436 g/mol. The van der Waals surface area contributed by atoms with Crippen molar-refractivity contribution in [2.24, 2.45) is 5.92 Å². The SMILES string of the molecule is CN1CCCC(Cn2c(-c3ccccc3)c(C3CCCCC3)c3sc(C(=O)O)cc32)C1. The Morgan fingerprint density at radius 3 is 2.58 bits per heavy atom. The highest BCUT2D eigenvalue weighted by Crippen LogP contribution is 2.47. The summed E-state index contributed by atoms with van der Waals surface area (Å²) in [6.45, 7) is 3.26. The number of carbonyl (C=O) groups is 1. The van der Waals surface area contributed by atoms with E-state index in [1.165, 1.54) is 84.3 Å². The van der Waals surface area contributed by atoms with Crippen LogP contribution in [0, 0.1) is 5.92 Å². The number of rotatable bonds is 5. The largest absolute Gasteiger partial charge is 0.477 e. The van der Waals surface area contributed by atoms with Gasteiger partial charge in [0.15, 0.2) is 0 Å². The first kappa shape index (κ1) is 20.8. The molecule has 1 N–H and O–H groups in total. The molecule has 0 bridgehead atoms. The van der Waals surface area contributed by atoms with E-state index in [2.05, 4.69) is 46.8 Å². The van der Waals surface area contributed by atoms with Gasteiger partial charge in [0.05, 0.1) is 15.9 Å². The van der Waals surface area contributed by atoms with Gasteiger partial charge in [0.2, 0.25) is 0 Å². The van der Waals surface area contributed by atoms with E-state index < -0.39 is 5.97 Å². The van der Waals surface area contributed by atoms with Crippen LogP contribution in [0.1, 0.15) is 66.1 Å². The minimum atomic E-state index is -0.805. The highest BCUT2D eigenvalue weighted by Gasteiger charge is 2.30. The summed E-state index contributed by atoms with van der Waals surface area (Å²) in [6, 6.07) is 12.7. The smallest absolute Gasteiger partial charge is 0.345 e. The van der Waals surface area contributed by atoms with E-state index in [-0.39, 0.29) is 0 Å². The second-order valence-electron chi connectivity index (χ2n) is 9.47. The quantitative estimate of drug-likeness (QED) is 0.499. The summed E-state index contributed by atoms with van der Waals surface area (Å²) in [6.07, 6.45) is 8.78. The zero-order chi connectivity index (χ0) is 21.4. The molecule has 2 fully saturated rings. The molecule has 0 amide bonds. The van der Waals surface area contributed by atoms with Crippen molar-refractivity contribution in [2.45, 2.75) is 57.4 Å². The maximum atomic E-state index is 11.8. The number of hydrogen-bond donors (Lipinski definition) is 1. The number of piperidine rings is 1. The molecular formula is C26H32N2O2S. The summed E-state index contributed by atoms with van der Waals surface area (Å²) in [5, 5.41) is 9.73. The van der Waals surface area contributed by atoms with Gasteiger partial charge in [-0.05, 0) is 68.3 Å². The van der Waals surface area contributed by atoms with Crippen molar-refractivity contribution in [2.75, 3.05) is 20.1 Å². The fourth-order valence-electron chi connectivity index (χ4n) is 5.80. The van der Waals surface area contributed by atoms with Gasteiger partial charge in [-0.25, -0.2) is 4.79 Å². The van der Waals surface area contributed by atoms with Crippen LogP contribution in [0.4, 0.5) is 0 Å². The average molecular weight is 437 g/mol. The number of nitrogens with zero attached hydrogens (tertiary/aromatic N) is 2. The minimum absolute atomic E-state index is 0.469. The van der Waals surface area contributed by atoms with Crippen LogP contribution < -0.4 is 0 Å². The molecule has 3 heterocycles. The molecule has 31 heavy (non-hydrogen) atoms. The molecule has 2 aromatic heterocycles. The first-order valence-electron chi connectivity index (χ1n) is 11.7. The molecule has 0 radical (unpaired) electrons. The molecule has 1 atom stereocenters. The Balaban J connectivity index is 1.70. The average Bonchev–Trinajstić information content (AvgIpc) is 3.33. The van der Waals surface area contributed by atoms with Crippen molar-refractivity contribution < 1.29 is 9.90 Å². The molecule has 1 unspecified atom stereocenters. The Labute approximate surface area is 188 Å². The highest BCUT2D eigenvalue weighted by molar-refractivity contribution is 7.21. The lowest BCUT2D eigenvalue weighted by molar-refractivity contribution is 0.0702. The first-order chi connectivity index (χ1) is 15.1. The van der Waals surface area contributed by atoms with Crippen molar-refractivity contribution in [1.82, 2.24) is 9.47 Å². The lowest BCUT2D eigenvalue weighted by atomic mass is 9.83. The number of fused-ring (bicyclic) bond motifs is 1. The van der Waals surface area contributed by atoms with Crippen LogP contribution in [0.15, 0.2) is 36.4 Å². The highest BCUT2D eigenvalue weighted by atomic mass is 32.1. The molecule has 4 nitrogen and oxygen atoms in total. The number of carboxylic acids is 1. The lowest BCUT2D eigenvalue weighted by Gasteiger charge is -2.31. The van der Waals surface area contributed by atoms with Gasteiger partial charge in [-0.1, -0.05) is 49.6 Å². The van der Waals surface area contributed by atoms with Gasteiger partial charge in [0.1, 0.15) is 4.88 Å². The van der Waals surface area contributed by atoms with Crippen LogP contribution in [0.25, 0.3) is 21.5 Å². The van der Waals surface area contributed by atoms with Crippen LogP contribution in [-0.4, -0.2) is 40.7 Å². The molecule has 5 rings (SSSR count). The van der Waals surface area contributed by atoms with E-state index in [1.807, 2.05) is 6.07 Å². The topological polar surface area (TPSA) is 45.5 Å². The van der Waals surface area contributed by atoms with Crippen LogP contribution >= 0.6 is 11.3 Å².